The Morgan fingerprint density at radius 1 is 1.31 bits per heavy atom. The zero-order valence-corrected chi connectivity index (χ0v) is 9.23. The lowest BCUT2D eigenvalue weighted by molar-refractivity contribution is 0.0172. The van der Waals surface area contributed by atoms with Gasteiger partial charge in [-0.1, -0.05) is 18.2 Å². The summed E-state index contributed by atoms with van der Waals surface area (Å²) in [6.45, 7) is 3.46. The lowest BCUT2D eigenvalue weighted by Gasteiger charge is -2.34. The van der Waals surface area contributed by atoms with Crippen molar-refractivity contribution in [2.75, 3.05) is 32.8 Å². The van der Waals surface area contributed by atoms with Crippen LogP contribution in [-0.4, -0.2) is 37.7 Å². The fourth-order valence-electron chi connectivity index (χ4n) is 2.11. The summed E-state index contributed by atoms with van der Waals surface area (Å²) in [4.78, 5) is 2.18. The summed E-state index contributed by atoms with van der Waals surface area (Å²) in [6, 6.07) is 6.80. The van der Waals surface area contributed by atoms with Crippen molar-refractivity contribution < 1.29 is 9.13 Å². The Hall–Kier alpha value is -0.970. The van der Waals surface area contributed by atoms with Gasteiger partial charge in [0.15, 0.2) is 0 Å². The predicted octanol–water partition coefficient (Wildman–Crippen LogP) is 1.16. The van der Waals surface area contributed by atoms with E-state index in [1.165, 1.54) is 6.07 Å². The minimum Gasteiger partial charge on any atom is -0.379 e. The number of nitrogens with two attached hydrogens (primary N) is 1. The van der Waals surface area contributed by atoms with Crippen LogP contribution in [0.1, 0.15) is 11.6 Å². The van der Waals surface area contributed by atoms with Gasteiger partial charge in [-0.25, -0.2) is 4.39 Å². The number of hydrogen-bond acceptors (Lipinski definition) is 3. The van der Waals surface area contributed by atoms with Gasteiger partial charge in [-0.3, -0.25) is 4.90 Å². The van der Waals surface area contributed by atoms with Crippen molar-refractivity contribution in [1.82, 2.24) is 4.90 Å². The summed E-state index contributed by atoms with van der Waals surface area (Å²) >= 11 is 0. The molecular weight excluding hydrogens is 207 g/mol. The third kappa shape index (κ3) is 2.40. The average molecular weight is 224 g/mol. The summed E-state index contributed by atoms with van der Waals surface area (Å²) < 4.78 is 19.0. The maximum atomic E-state index is 13.7. The standard InChI is InChI=1S/C12H17FN2O/c13-11-4-2-1-3-10(11)12(9-14)15-5-7-16-8-6-15/h1-4,12H,5-9,14H2. The monoisotopic (exact) mass is 224 g/mol. The first kappa shape index (κ1) is 11.5. The normalized spacial score (nSPS) is 19.6. The first-order valence-electron chi connectivity index (χ1n) is 5.59. The second kappa shape index (κ2) is 5.39. The fourth-order valence-corrected chi connectivity index (χ4v) is 2.11. The van der Waals surface area contributed by atoms with Crippen LogP contribution in [-0.2, 0) is 4.74 Å². The molecule has 2 rings (SSSR count). The summed E-state index contributed by atoms with van der Waals surface area (Å²) in [5, 5.41) is 0. The van der Waals surface area contributed by atoms with E-state index in [4.69, 9.17) is 10.5 Å². The molecule has 2 N–H and O–H groups in total. The third-order valence-corrected chi connectivity index (χ3v) is 2.97. The second-order valence-electron chi connectivity index (χ2n) is 3.92. The number of benzene rings is 1. The van der Waals surface area contributed by atoms with Crippen LogP contribution in [0.15, 0.2) is 24.3 Å². The minimum absolute atomic E-state index is 0.0369. The molecule has 1 aromatic rings. The highest BCUT2D eigenvalue weighted by atomic mass is 19.1. The Morgan fingerprint density at radius 2 is 2.00 bits per heavy atom. The molecule has 4 heteroatoms. The summed E-state index contributed by atoms with van der Waals surface area (Å²) in [5.41, 5.74) is 6.44. The highest BCUT2D eigenvalue weighted by Gasteiger charge is 2.23. The van der Waals surface area contributed by atoms with Crippen molar-refractivity contribution in [1.29, 1.82) is 0 Å². The highest BCUT2D eigenvalue weighted by molar-refractivity contribution is 5.21. The van der Waals surface area contributed by atoms with E-state index < -0.39 is 0 Å². The number of halogens is 1. The second-order valence-corrected chi connectivity index (χ2v) is 3.92. The van der Waals surface area contributed by atoms with E-state index in [0.717, 1.165) is 13.1 Å². The van der Waals surface area contributed by atoms with E-state index in [-0.39, 0.29) is 11.9 Å². The molecule has 0 bridgehead atoms. The Balaban J connectivity index is 2.18. The zero-order valence-electron chi connectivity index (χ0n) is 9.23. The van der Waals surface area contributed by atoms with Crippen LogP contribution in [0.3, 0.4) is 0 Å². The van der Waals surface area contributed by atoms with Crippen LogP contribution in [0.2, 0.25) is 0 Å². The smallest absolute Gasteiger partial charge is 0.128 e. The number of morpholine rings is 1. The van der Waals surface area contributed by atoms with Gasteiger partial charge in [0, 0.05) is 25.2 Å². The molecule has 0 aliphatic carbocycles. The van der Waals surface area contributed by atoms with Gasteiger partial charge in [0.05, 0.1) is 19.3 Å². The maximum Gasteiger partial charge on any atom is 0.128 e. The van der Waals surface area contributed by atoms with Gasteiger partial charge in [0.25, 0.3) is 0 Å². The molecule has 88 valence electrons. The van der Waals surface area contributed by atoms with Crippen LogP contribution in [0.4, 0.5) is 4.39 Å². The van der Waals surface area contributed by atoms with Gasteiger partial charge < -0.3 is 10.5 Å². The number of nitrogens with zero attached hydrogens (tertiary/aromatic N) is 1. The van der Waals surface area contributed by atoms with Crippen LogP contribution >= 0.6 is 0 Å². The summed E-state index contributed by atoms with van der Waals surface area (Å²) in [6.07, 6.45) is 0. The van der Waals surface area contributed by atoms with Gasteiger partial charge in [0.1, 0.15) is 5.82 Å². The molecule has 16 heavy (non-hydrogen) atoms. The molecule has 0 aromatic heterocycles. The van der Waals surface area contributed by atoms with Crippen molar-refractivity contribution in [2.45, 2.75) is 6.04 Å². The molecule has 0 saturated carbocycles. The molecule has 1 fully saturated rings. The molecule has 3 nitrogen and oxygen atoms in total. The topological polar surface area (TPSA) is 38.5 Å². The maximum absolute atomic E-state index is 13.7. The van der Waals surface area contributed by atoms with E-state index in [0.29, 0.717) is 25.3 Å². The lowest BCUT2D eigenvalue weighted by Crippen LogP contribution is -2.42. The molecule has 1 aliphatic heterocycles. The van der Waals surface area contributed by atoms with Crippen molar-refractivity contribution in [3.63, 3.8) is 0 Å². The van der Waals surface area contributed by atoms with E-state index in [2.05, 4.69) is 4.90 Å². The van der Waals surface area contributed by atoms with Crippen molar-refractivity contribution in [3.8, 4) is 0 Å². The van der Waals surface area contributed by atoms with Gasteiger partial charge in [-0.2, -0.15) is 0 Å². The van der Waals surface area contributed by atoms with E-state index in [1.807, 2.05) is 12.1 Å². The third-order valence-electron chi connectivity index (χ3n) is 2.97. The Kier molecular flexibility index (Phi) is 3.88. The fraction of sp³-hybridized carbons (Fsp3) is 0.500. The zero-order chi connectivity index (χ0) is 11.4. The Labute approximate surface area is 95.0 Å². The van der Waals surface area contributed by atoms with Crippen LogP contribution in [0.5, 0.6) is 0 Å². The quantitative estimate of drug-likeness (QED) is 0.837. The molecule has 1 aliphatic rings. The first-order chi connectivity index (χ1) is 7.83. The van der Waals surface area contributed by atoms with Gasteiger partial charge in [-0.15, -0.1) is 0 Å². The van der Waals surface area contributed by atoms with E-state index >= 15 is 0 Å². The van der Waals surface area contributed by atoms with Crippen LogP contribution in [0.25, 0.3) is 0 Å². The molecule has 0 radical (unpaired) electrons. The number of ether oxygens (including phenoxy) is 1. The van der Waals surface area contributed by atoms with E-state index in [1.54, 1.807) is 6.07 Å². The van der Waals surface area contributed by atoms with Gasteiger partial charge in [-0.05, 0) is 6.07 Å². The average Bonchev–Trinajstić information content (AvgIpc) is 2.34. The van der Waals surface area contributed by atoms with Gasteiger partial charge in [0.2, 0.25) is 0 Å². The van der Waals surface area contributed by atoms with E-state index in [9.17, 15) is 4.39 Å². The molecule has 0 amide bonds. The summed E-state index contributed by atoms with van der Waals surface area (Å²) in [7, 11) is 0. The molecule has 1 heterocycles. The molecule has 1 unspecified atom stereocenters. The largest absolute Gasteiger partial charge is 0.379 e. The van der Waals surface area contributed by atoms with Gasteiger partial charge >= 0.3 is 0 Å². The lowest BCUT2D eigenvalue weighted by atomic mass is 10.0. The number of rotatable bonds is 3. The highest BCUT2D eigenvalue weighted by Crippen LogP contribution is 2.22. The molecule has 1 saturated heterocycles. The van der Waals surface area contributed by atoms with Crippen molar-refractivity contribution >= 4 is 0 Å². The molecule has 0 spiro atoms. The summed E-state index contributed by atoms with van der Waals surface area (Å²) in [5.74, 6) is -0.176. The molecule has 1 atom stereocenters. The first-order valence-corrected chi connectivity index (χ1v) is 5.59. The van der Waals surface area contributed by atoms with Crippen molar-refractivity contribution in [2.24, 2.45) is 5.73 Å². The van der Waals surface area contributed by atoms with Crippen LogP contribution in [0, 0.1) is 5.82 Å². The molecular formula is C12H17FN2O. The van der Waals surface area contributed by atoms with Crippen LogP contribution < -0.4 is 5.73 Å². The minimum atomic E-state index is -0.176. The van der Waals surface area contributed by atoms with Crippen molar-refractivity contribution in [3.05, 3.63) is 35.6 Å². The Bertz CT molecular complexity index is 340. The SMILES string of the molecule is NCC(c1ccccc1F)N1CCOCC1. The Morgan fingerprint density at radius 3 is 2.62 bits per heavy atom. The number of hydrogen-bond donors (Lipinski definition) is 1. The molecule has 1 aromatic carbocycles. The predicted molar refractivity (Wildman–Crippen MR) is 60.6 cm³/mol.